The first-order valence-corrected chi connectivity index (χ1v) is 7.04. The maximum Gasteiger partial charge on any atom is 0.196 e. The largest absolute Gasteiger partial charge is 0.398 e. The first kappa shape index (κ1) is 14.2. The smallest absolute Gasteiger partial charge is 0.196 e. The van der Waals surface area contributed by atoms with E-state index >= 15 is 0 Å². The van der Waals surface area contributed by atoms with E-state index < -0.39 is 5.82 Å². The van der Waals surface area contributed by atoms with Crippen molar-refractivity contribution < 1.29 is 9.18 Å². The van der Waals surface area contributed by atoms with Crippen molar-refractivity contribution in [1.29, 1.82) is 0 Å². The number of benzene rings is 2. The fraction of sp³-hybridized carbons (Fsp3) is 0.0714. The summed E-state index contributed by atoms with van der Waals surface area (Å²) in [4.78, 5) is 12.4. The van der Waals surface area contributed by atoms with E-state index in [9.17, 15) is 9.18 Å². The van der Waals surface area contributed by atoms with Crippen molar-refractivity contribution in [2.45, 2.75) is 6.92 Å². The summed E-state index contributed by atoms with van der Waals surface area (Å²) in [5.74, 6) is -0.705. The third-order valence-electron chi connectivity index (χ3n) is 2.75. The van der Waals surface area contributed by atoms with Crippen molar-refractivity contribution in [3.05, 3.63) is 61.8 Å². The molecule has 0 aromatic heterocycles. The normalized spacial score (nSPS) is 10.5. The molecule has 19 heavy (non-hydrogen) atoms. The molecule has 0 aliphatic heterocycles. The van der Waals surface area contributed by atoms with Crippen LogP contribution in [0.2, 0.25) is 0 Å². The monoisotopic (exact) mass is 385 g/mol. The number of anilines is 1. The Morgan fingerprint density at radius 3 is 2.42 bits per heavy atom. The molecule has 2 nitrogen and oxygen atoms in total. The van der Waals surface area contributed by atoms with Crippen molar-refractivity contribution in [1.82, 2.24) is 0 Å². The second kappa shape index (κ2) is 5.43. The van der Waals surface area contributed by atoms with Gasteiger partial charge in [0.2, 0.25) is 0 Å². The number of nitrogen functional groups attached to an aromatic ring is 1. The van der Waals surface area contributed by atoms with Crippen LogP contribution in [0.25, 0.3) is 0 Å². The Morgan fingerprint density at radius 1 is 1.11 bits per heavy atom. The number of nitrogens with two attached hydrogens (primary N) is 1. The fourth-order valence-electron chi connectivity index (χ4n) is 1.71. The van der Waals surface area contributed by atoms with Gasteiger partial charge in [-0.25, -0.2) is 4.39 Å². The predicted molar refractivity (Wildman–Crippen MR) is 80.8 cm³/mol. The molecule has 2 N–H and O–H groups in total. The zero-order valence-corrected chi connectivity index (χ0v) is 13.2. The van der Waals surface area contributed by atoms with E-state index in [2.05, 4.69) is 31.9 Å². The summed E-state index contributed by atoms with van der Waals surface area (Å²) < 4.78 is 14.5. The Morgan fingerprint density at radius 2 is 1.79 bits per heavy atom. The van der Waals surface area contributed by atoms with Gasteiger partial charge in [-0.3, -0.25) is 4.79 Å². The van der Waals surface area contributed by atoms with Gasteiger partial charge in [0, 0.05) is 25.8 Å². The van der Waals surface area contributed by atoms with Crippen LogP contribution in [0.15, 0.2) is 39.3 Å². The summed E-state index contributed by atoms with van der Waals surface area (Å²) in [5, 5.41) is 0. The van der Waals surface area contributed by atoms with Crippen LogP contribution in [-0.2, 0) is 0 Å². The number of carbonyl (C=O) groups excluding carboxylic acids is 1. The number of carbonyl (C=O) groups is 1. The summed E-state index contributed by atoms with van der Waals surface area (Å²) >= 11 is 6.75. The van der Waals surface area contributed by atoms with Crippen LogP contribution >= 0.6 is 31.9 Å². The molecular formula is C14H10Br2FNO. The molecule has 0 bridgehead atoms. The van der Waals surface area contributed by atoms with Gasteiger partial charge in [0.15, 0.2) is 5.78 Å². The first-order chi connectivity index (χ1) is 8.90. The van der Waals surface area contributed by atoms with Gasteiger partial charge < -0.3 is 5.73 Å². The molecule has 0 amide bonds. The lowest BCUT2D eigenvalue weighted by molar-refractivity contribution is 0.103. The molecule has 5 heteroatoms. The zero-order chi connectivity index (χ0) is 14.2. The van der Waals surface area contributed by atoms with Gasteiger partial charge in [-0.2, -0.15) is 0 Å². The van der Waals surface area contributed by atoms with Crippen molar-refractivity contribution in [3.8, 4) is 0 Å². The molecule has 0 unspecified atom stereocenters. The number of hydrogen-bond donors (Lipinski definition) is 1. The third kappa shape index (κ3) is 2.87. The van der Waals surface area contributed by atoms with Gasteiger partial charge in [0.05, 0.1) is 0 Å². The van der Waals surface area contributed by atoms with Crippen molar-refractivity contribution in [3.63, 3.8) is 0 Å². The number of halogens is 3. The van der Waals surface area contributed by atoms with Crippen LogP contribution in [0.4, 0.5) is 10.1 Å². The van der Waals surface area contributed by atoms with E-state index in [1.54, 1.807) is 6.07 Å². The Hall–Kier alpha value is -1.20. The molecule has 2 aromatic carbocycles. The Kier molecular flexibility index (Phi) is 4.06. The van der Waals surface area contributed by atoms with Crippen LogP contribution < -0.4 is 5.73 Å². The topological polar surface area (TPSA) is 43.1 Å². The molecule has 0 aliphatic rings. The maximum atomic E-state index is 13.0. The van der Waals surface area contributed by atoms with Crippen LogP contribution in [0.5, 0.6) is 0 Å². The van der Waals surface area contributed by atoms with E-state index in [1.165, 1.54) is 12.1 Å². The second-order valence-electron chi connectivity index (χ2n) is 4.14. The van der Waals surface area contributed by atoms with E-state index in [-0.39, 0.29) is 17.0 Å². The molecular weight excluding hydrogens is 377 g/mol. The third-order valence-corrected chi connectivity index (χ3v) is 4.26. The number of rotatable bonds is 2. The summed E-state index contributed by atoms with van der Waals surface area (Å²) in [6, 6.07) is 7.33. The quantitative estimate of drug-likeness (QED) is 0.611. The van der Waals surface area contributed by atoms with Gasteiger partial charge in [-0.05, 0) is 42.8 Å². The van der Waals surface area contributed by atoms with Crippen LogP contribution in [0.3, 0.4) is 0 Å². The number of hydrogen-bond acceptors (Lipinski definition) is 2. The lowest BCUT2D eigenvalue weighted by Gasteiger charge is -2.09. The summed E-state index contributed by atoms with van der Waals surface area (Å²) in [5.41, 5.74) is 7.60. The first-order valence-electron chi connectivity index (χ1n) is 5.45. The molecule has 2 aromatic rings. The van der Waals surface area contributed by atoms with Crippen LogP contribution in [0.1, 0.15) is 21.5 Å². The second-order valence-corrected chi connectivity index (χ2v) is 5.85. The Bertz CT molecular complexity index is 671. The van der Waals surface area contributed by atoms with E-state index in [1.807, 2.05) is 13.0 Å². The molecule has 2 rings (SSSR count). The van der Waals surface area contributed by atoms with Gasteiger partial charge >= 0.3 is 0 Å². The van der Waals surface area contributed by atoms with E-state index in [0.29, 0.717) is 10.0 Å². The predicted octanol–water partition coefficient (Wildman–Crippen LogP) is 4.47. The highest BCUT2D eigenvalue weighted by Crippen LogP contribution is 2.28. The minimum Gasteiger partial charge on any atom is -0.398 e. The summed E-state index contributed by atoms with van der Waals surface area (Å²) in [7, 11) is 0. The van der Waals surface area contributed by atoms with Gasteiger partial charge in [0.25, 0.3) is 0 Å². The zero-order valence-electron chi connectivity index (χ0n) is 10.0. The highest BCUT2D eigenvalue weighted by molar-refractivity contribution is 9.11. The molecule has 0 aliphatic carbocycles. The molecule has 0 saturated carbocycles. The SMILES string of the molecule is Cc1cc(Br)c(C(=O)c2ccc(F)cc2N)cc1Br. The molecule has 0 atom stereocenters. The van der Waals surface area contributed by atoms with Crippen molar-refractivity contribution in [2.24, 2.45) is 0 Å². The molecule has 98 valence electrons. The molecule has 0 radical (unpaired) electrons. The summed E-state index contributed by atoms with van der Waals surface area (Å²) in [6.07, 6.45) is 0. The Balaban J connectivity index is 2.53. The number of aryl methyl sites for hydroxylation is 1. The van der Waals surface area contributed by atoms with Crippen LogP contribution in [0, 0.1) is 12.7 Å². The average molecular weight is 387 g/mol. The lowest BCUT2D eigenvalue weighted by atomic mass is 10.0. The lowest BCUT2D eigenvalue weighted by Crippen LogP contribution is -2.07. The van der Waals surface area contributed by atoms with Crippen molar-refractivity contribution >= 4 is 43.3 Å². The highest BCUT2D eigenvalue weighted by atomic mass is 79.9. The van der Waals surface area contributed by atoms with E-state index in [4.69, 9.17) is 5.73 Å². The molecule has 0 saturated heterocycles. The molecule has 0 fully saturated rings. The van der Waals surface area contributed by atoms with E-state index in [0.717, 1.165) is 16.1 Å². The van der Waals surface area contributed by atoms with Crippen LogP contribution in [-0.4, -0.2) is 5.78 Å². The van der Waals surface area contributed by atoms with Gasteiger partial charge in [0.1, 0.15) is 5.82 Å². The minimum atomic E-state index is -0.460. The standard InChI is InChI=1S/C14H10Br2FNO/c1-7-4-12(16)10(6-11(7)15)14(19)9-3-2-8(17)5-13(9)18/h2-6H,18H2,1H3. The fourth-order valence-corrected chi connectivity index (χ4v) is 2.69. The van der Waals surface area contributed by atoms with Crippen molar-refractivity contribution in [2.75, 3.05) is 5.73 Å². The minimum absolute atomic E-state index is 0.133. The van der Waals surface area contributed by atoms with Gasteiger partial charge in [-0.15, -0.1) is 0 Å². The Labute approximate surface area is 127 Å². The number of ketones is 1. The maximum absolute atomic E-state index is 13.0. The molecule has 0 spiro atoms. The summed E-state index contributed by atoms with van der Waals surface area (Å²) in [6.45, 7) is 1.93. The highest BCUT2D eigenvalue weighted by Gasteiger charge is 2.17. The molecule has 0 heterocycles. The average Bonchev–Trinajstić information content (AvgIpc) is 2.33. The van der Waals surface area contributed by atoms with Gasteiger partial charge in [-0.1, -0.05) is 31.9 Å².